The van der Waals surface area contributed by atoms with Crippen LogP contribution in [-0.4, -0.2) is 58.1 Å². The summed E-state index contributed by atoms with van der Waals surface area (Å²) in [5.74, 6) is -5.30. The van der Waals surface area contributed by atoms with Crippen molar-refractivity contribution in [3.05, 3.63) is 0 Å². The Morgan fingerprint density at radius 1 is 1.10 bits per heavy atom. The third-order valence-corrected chi connectivity index (χ3v) is 3.02. The minimum absolute atomic E-state index is 0.123. The van der Waals surface area contributed by atoms with E-state index in [0.29, 0.717) is 0 Å². The Kier molecular flexibility index (Phi) is 8.17. The first-order valence-electron chi connectivity index (χ1n) is 6.32. The van der Waals surface area contributed by atoms with Gasteiger partial charge in [-0.3, -0.25) is 19.2 Å². The largest absolute Gasteiger partial charge is 0.481 e. The van der Waals surface area contributed by atoms with E-state index in [-0.39, 0.29) is 19.3 Å². The van der Waals surface area contributed by atoms with E-state index in [9.17, 15) is 19.2 Å². The number of Topliss-reactive ketones (excluding diaryl/α,β-unsaturated/α-hetero) is 1. The molecule has 0 aromatic rings. The zero-order chi connectivity index (χ0) is 16.6. The number of hydrogen-bond acceptors (Lipinski definition) is 6. The Hall–Kier alpha value is -2.00. The highest BCUT2D eigenvalue weighted by atomic mass is 16.4. The van der Waals surface area contributed by atoms with E-state index in [1.807, 2.05) is 0 Å². The van der Waals surface area contributed by atoms with Crippen molar-refractivity contribution in [2.24, 2.45) is 11.7 Å². The lowest BCUT2D eigenvalue weighted by atomic mass is 9.87. The molecule has 21 heavy (non-hydrogen) atoms. The highest BCUT2D eigenvalue weighted by molar-refractivity contribution is 5.90. The van der Waals surface area contributed by atoms with E-state index in [1.165, 1.54) is 7.05 Å². The fourth-order valence-corrected chi connectivity index (χ4v) is 1.86. The van der Waals surface area contributed by atoms with Gasteiger partial charge in [0.15, 0.2) is 5.78 Å². The maximum Gasteiger partial charge on any atom is 0.320 e. The Labute approximate surface area is 121 Å². The highest BCUT2D eigenvalue weighted by Gasteiger charge is 2.31. The van der Waals surface area contributed by atoms with E-state index in [0.717, 1.165) is 0 Å². The molecule has 3 unspecified atom stereocenters. The summed E-state index contributed by atoms with van der Waals surface area (Å²) in [6, 6.07) is -2.21. The number of hydrogen-bond donors (Lipinski definition) is 5. The molecule has 6 N–H and O–H groups in total. The van der Waals surface area contributed by atoms with Crippen LogP contribution < -0.4 is 11.1 Å². The van der Waals surface area contributed by atoms with Crippen molar-refractivity contribution in [1.29, 1.82) is 0 Å². The molecular weight excluding hydrogens is 284 g/mol. The number of carbonyl (C=O) groups is 4. The van der Waals surface area contributed by atoms with Crippen LogP contribution in [0.5, 0.6) is 0 Å². The molecule has 0 aromatic heterocycles. The average molecular weight is 304 g/mol. The van der Waals surface area contributed by atoms with E-state index in [2.05, 4.69) is 5.32 Å². The fourth-order valence-electron chi connectivity index (χ4n) is 1.86. The second kappa shape index (κ2) is 9.03. The lowest BCUT2D eigenvalue weighted by Gasteiger charge is -2.21. The van der Waals surface area contributed by atoms with Crippen molar-refractivity contribution in [3.8, 4) is 0 Å². The first-order valence-corrected chi connectivity index (χ1v) is 6.32. The van der Waals surface area contributed by atoms with Gasteiger partial charge in [-0.15, -0.1) is 0 Å². The molecule has 0 rings (SSSR count). The van der Waals surface area contributed by atoms with Crippen molar-refractivity contribution in [2.45, 2.75) is 37.8 Å². The SMILES string of the molecule is CNC(CC(CC(=O)O)C(=O)C(N)CCC(=O)O)C(=O)O. The maximum atomic E-state index is 12.1. The second-order valence-electron chi connectivity index (χ2n) is 4.65. The summed E-state index contributed by atoms with van der Waals surface area (Å²) in [6.45, 7) is 0. The minimum Gasteiger partial charge on any atom is -0.481 e. The van der Waals surface area contributed by atoms with E-state index in [1.54, 1.807) is 0 Å². The van der Waals surface area contributed by atoms with E-state index < -0.39 is 48.1 Å². The smallest absolute Gasteiger partial charge is 0.320 e. The number of rotatable bonds is 11. The van der Waals surface area contributed by atoms with Gasteiger partial charge in [-0.2, -0.15) is 0 Å². The molecule has 120 valence electrons. The molecule has 0 saturated carbocycles. The van der Waals surface area contributed by atoms with Crippen molar-refractivity contribution >= 4 is 23.7 Å². The number of likely N-dealkylation sites (N-methyl/N-ethyl adjacent to an activating group) is 1. The molecule has 9 heteroatoms. The monoisotopic (exact) mass is 304 g/mol. The number of carbonyl (C=O) groups excluding carboxylic acids is 1. The van der Waals surface area contributed by atoms with Gasteiger partial charge in [0.05, 0.1) is 12.5 Å². The second-order valence-corrected chi connectivity index (χ2v) is 4.65. The van der Waals surface area contributed by atoms with Crippen molar-refractivity contribution in [2.75, 3.05) is 7.05 Å². The fraction of sp³-hybridized carbons (Fsp3) is 0.667. The average Bonchev–Trinajstić information content (AvgIpc) is 2.38. The molecule has 0 aliphatic carbocycles. The minimum atomic E-state index is -1.25. The standard InChI is InChI=1S/C12H20N2O7/c1-14-8(12(20)21)4-6(5-10(17)18)11(19)7(13)2-3-9(15)16/h6-8,14H,2-5,13H2,1H3,(H,15,16)(H,17,18)(H,20,21). The molecular formula is C12H20N2O7. The Morgan fingerprint density at radius 3 is 2.05 bits per heavy atom. The maximum absolute atomic E-state index is 12.1. The third-order valence-electron chi connectivity index (χ3n) is 3.02. The number of aliphatic carboxylic acids is 3. The lowest BCUT2D eigenvalue weighted by molar-refractivity contribution is -0.144. The van der Waals surface area contributed by atoms with Gasteiger partial charge in [0, 0.05) is 12.3 Å². The summed E-state index contributed by atoms with van der Waals surface area (Å²) < 4.78 is 0. The van der Waals surface area contributed by atoms with Gasteiger partial charge in [-0.1, -0.05) is 0 Å². The normalized spacial score (nSPS) is 15.0. The highest BCUT2D eigenvalue weighted by Crippen LogP contribution is 2.16. The molecule has 0 aliphatic rings. The van der Waals surface area contributed by atoms with Gasteiger partial charge >= 0.3 is 17.9 Å². The van der Waals surface area contributed by atoms with Crippen LogP contribution in [0.3, 0.4) is 0 Å². The molecule has 0 fully saturated rings. The van der Waals surface area contributed by atoms with Gasteiger partial charge in [0.2, 0.25) is 0 Å². The van der Waals surface area contributed by atoms with Crippen LogP contribution in [0.25, 0.3) is 0 Å². The van der Waals surface area contributed by atoms with Gasteiger partial charge in [0.1, 0.15) is 6.04 Å². The third kappa shape index (κ3) is 7.37. The molecule has 9 nitrogen and oxygen atoms in total. The predicted molar refractivity (Wildman–Crippen MR) is 70.7 cm³/mol. The van der Waals surface area contributed by atoms with Crippen LogP contribution in [0.4, 0.5) is 0 Å². The summed E-state index contributed by atoms with van der Waals surface area (Å²) in [7, 11) is 1.38. The lowest BCUT2D eigenvalue weighted by Crippen LogP contribution is -2.42. The molecule has 3 atom stereocenters. The summed E-state index contributed by atoms with van der Waals surface area (Å²) in [5.41, 5.74) is 5.56. The van der Waals surface area contributed by atoms with Gasteiger partial charge in [-0.25, -0.2) is 0 Å². The molecule has 0 amide bonds. The van der Waals surface area contributed by atoms with Crippen LogP contribution in [-0.2, 0) is 19.2 Å². The van der Waals surface area contributed by atoms with Crippen LogP contribution in [0.15, 0.2) is 0 Å². The number of ketones is 1. The van der Waals surface area contributed by atoms with E-state index >= 15 is 0 Å². The van der Waals surface area contributed by atoms with Gasteiger partial charge in [-0.05, 0) is 19.9 Å². The quantitative estimate of drug-likeness (QED) is 0.318. The first kappa shape index (κ1) is 19.0. The zero-order valence-corrected chi connectivity index (χ0v) is 11.6. The molecule has 0 bridgehead atoms. The van der Waals surface area contributed by atoms with Crippen molar-refractivity contribution in [3.63, 3.8) is 0 Å². The number of carboxylic acid groups (broad SMARTS) is 3. The zero-order valence-electron chi connectivity index (χ0n) is 11.6. The summed E-state index contributed by atoms with van der Waals surface area (Å²) in [4.78, 5) is 44.2. The first-order chi connectivity index (χ1) is 9.68. The molecule has 0 spiro atoms. The van der Waals surface area contributed by atoms with Crippen LogP contribution in [0, 0.1) is 5.92 Å². The molecule has 0 saturated heterocycles. The Bertz CT molecular complexity index is 410. The molecule has 0 radical (unpaired) electrons. The number of carboxylic acids is 3. The molecule has 0 heterocycles. The summed E-state index contributed by atoms with van der Waals surface area (Å²) >= 11 is 0. The van der Waals surface area contributed by atoms with E-state index in [4.69, 9.17) is 21.1 Å². The van der Waals surface area contributed by atoms with Crippen molar-refractivity contribution in [1.82, 2.24) is 5.32 Å². The van der Waals surface area contributed by atoms with Gasteiger partial charge < -0.3 is 26.4 Å². The summed E-state index contributed by atoms with van der Waals surface area (Å²) in [5, 5.41) is 28.7. The number of nitrogens with one attached hydrogen (secondary N) is 1. The van der Waals surface area contributed by atoms with Gasteiger partial charge in [0.25, 0.3) is 0 Å². The molecule has 0 aliphatic heterocycles. The van der Waals surface area contributed by atoms with Crippen molar-refractivity contribution < 1.29 is 34.5 Å². The van der Waals surface area contributed by atoms with Crippen LogP contribution in [0.2, 0.25) is 0 Å². The Morgan fingerprint density at radius 2 is 1.67 bits per heavy atom. The topological polar surface area (TPSA) is 167 Å². The predicted octanol–water partition coefficient (Wildman–Crippen LogP) is -1.10. The number of nitrogens with two attached hydrogens (primary N) is 1. The van der Waals surface area contributed by atoms with Crippen LogP contribution >= 0.6 is 0 Å². The van der Waals surface area contributed by atoms with Crippen LogP contribution in [0.1, 0.15) is 25.7 Å². The summed E-state index contributed by atoms with van der Waals surface area (Å²) in [6.07, 6.45) is -1.22. The molecule has 0 aromatic carbocycles. The Balaban J connectivity index is 4.87.